The van der Waals surface area contributed by atoms with Crippen molar-refractivity contribution in [2.24, 2.45) is 0 Å². The molecule has 0 aliphatic heterocycles. The summed E-state index contributed by atoms with van der Waals surface area (Å²) in [7, 11) is -3.62. The van der Waals surface area contributed by atoms with E-state index in [1.165, 1.54) is 6.33 Å². The van der Waals surface area contributed by atoms with Crippen molar-refractivity contribution in [1.82, 2.24) is 14.3 Å². The van der Waals surface area contributed by atoms with Gasteiger partial charge < -0.3 is 10.3 Å². The maximum Gasteiger partial charge on any atom is 0.260 e. The van der Waals surface area contributed by atoms with Crippen LogP contribution in [0.4, 0.5) is 5.69 Å². The van der Waals surface area contributed by atoms with Gasteiger partial charge >= 0.3 is 0 Å². The Bertz CT molecular complexity index is 789. The van der Waals surface area contributed by atoms with Crippen LogP contribution in [0.25, 0.3) is 0 Å². The minimum absolute atomic E-state index is 0. The van der Waals surface area contributed by atoms with Crippen LogP contribution in [0.2, 0.25) is 0 Å². The molecule has 0 saturated carbocycles. The summed E-state index contributed by atoms with van der Waals surface area (Å²) in [4.78, 5) is 3.99. The fraction of sp³-hybridized carbons (Fsp3) is 0.400. The van der Waals surface area contributed by atoms with Gasteiger partial charge in [-0.2, -0.15) is 0 Å². The summed E-state index contributed by atoms with van der Waals surface area (Å²) in [6, 6.07) is 5.45. The molecule has 6 nitrogen and oxygen atoms in total. The third kappa shape index (κ3) is 3.68. The number of nitrogen functional groups attached to an aromatic ring is 1. The molecule has 23 heavy (non-hydrogen) atoms. The maximum atomic E-state index is 12.5. The molecule has 0 amide bonds. The van der Waals surface area contributed by atoms with Gasteiger partial charge in [0, 0.05) is 24.5 Å². The van der Waals surface area contributed by atoms with Crippen LogP contribution in [0.5, 0.6) is 0 Å². The molecule has 0 radical (unpaired) electrons. The molecule has 0 spiro atoms. The Labute approximate surface area is 142 Å². The Kier molecular flexibility index (Phi) is 5.33. The molecule has 8 heteroatoms. The molecule has 1 heterocycles. The molecule has 1 aliphatic carbocycles. The maximum absolute atomic E-state index is 12.5. The fourth-order valence-electron chi connectivity index (χ4n) is 2.86. The average Bonchev–Trinajstić information content (AvgIpc) is 2.96. The van der Waals surface area contributed by atoms with Gasteiger partial charge in [-0.15, -0.1) is 12.4 Å². The van der Waals surface area contributed by atoms with Crippen LogP contribution in [-0.4, -0.2) is 18.0 Å². The molecule has 1 unspecified atom stereocenters. The first-order chi connectivity index (χ1) is 10.5. The first-order valence-corrected chi connectivity index (χ1v) is 8.90. The van der Waals surface area contributed by atoms with Gasteiger partial charge in [-0.3, -0.25) is 0 Å². The fourth-order valence-corrected chi connectivity index (χ4v) is 4.06. The second kappa shape index (κ2) is 6.90. The van der Waals surface area contributed by atoms with Crippen molar-refractivity contribution in [2.45, 2.75) is 43.8 Å². The van der Waals surface area contributed by atoms with E-state index < -0.39 is 10.0 Å². The molecule has 0 bridgehead atoms. The zero-order valence-electron chi connectivity index (χ0n) is 12.9. The van der Waals surface area contributed by atoms with Gasteiger partial charge in [-0.05, 0) is 49.4 Å². The zero-order valence-corrected chi connectivity index (χ0v) is 14.5. The molecule has 1 aromatic heterocycles. The number of nitrogens with two attached hydrogens (primary N) is 1. The van der Waals surface area contributed by atoms with E-state index in [2.05, 4.69) is 9.71 Å². The number of nitrogens with one attached hydrogen (secondary N) is 1. The number of fused-ring (bicyclic) bond motifs is 1. The Balaban J connectivity index is 0.00000192. The number of aryl methyl sites for hydroxylation is 2. The number of nitrogens with zero attached hydrogens (tertiary/aromatic N) is 2. The van der Waals surface area contributed by atoms with E-state index in [0.29, 0.717) is 12.2 Å². The highest BCUT2D eigenvalue weighted by Gasteiger charge is 2.27. The van der Waals surface area contributed by atoms with Crippen molar-refractivity contribution in [3.63, 3.8) is 0 Å². The van der Waals surface area contributed by atoms with E-state index in [0.717, 1.165) is 30.4 Å². The second-order valence-corrected chi connectivity index (χ2v) is 7.23. The van der Waals surface area contributed by atoms with E-state index in [-0.39, 0.29) is 23.5 Å². The van der Waals surface area contributed by atoms with Crippen molar-refractivity contribution in [2.75, 3.05) is 5.73 Å². The predicted molar refractivity (Wildman–Crippen MR) is 92.0 cm³/mol. The minimum atomic E-state index is -3.62. The standard InChI is InChI=1S/C15H20N4O2S.ClH/c1-2-19-9-15(17-10-19)22(20,21)18-14-5-3-4-11-8-12(16)6-7-13(11)14;/h6-10,14,18H,2-5,16H2,1H3;1H. The molecule has 0 saturated heterocycles. The quantitative estimate of drug-likeness (QED) is 0.822. The largest absolute Gasteiger partial charge is 0.399 e. The van der Waals surface area contributed by atoms with Crippen molar-refractivity contribution < 1.29 is 8.42 Å². The lowest BCUT2D eigenvalue weighted by Gasteiger charge is -2.26. The molecule has 3 rings (SSSR count). The highest BCUT2D eigenvalue weighted by Crippen LogP contribution is 2.32. The Morgan fingerprint density at radius 1 is 1.43 bits per heavy atom. The van der Waals surface area contributed by atoms with E-state index in [4.69, 9.17) is 5.73 Å². The summed E-state index contributed by atoms with van der Waals surface area (Å²) in [6.07, 6.45) is 5.74. The summed E-state index contributed by atoms with van der Waals surface area (Å²) in [6.45, 7) is 2.63. The Morgan fingerprint density at radius 3 is 2.91 bits per heavy atom. The van der Waals surface area contributed by atoms with E-state index in [1.54, 1.807) is 10.8 Å². The Hall–Kier alpha value is -1.57. The average molecular weight is 357 g/mol. The van der Waals surface area contributed by atoms with Crippen molar-refractivity contribution in [3.8, 4) is 0 Å². The summed E-state index contributed by atoms with van der Waals surface area (Å²) >= 11 is 0. The topological polar surface area (TPSA) is 90.0 Å². The van der Waals surface area contributed by atoms with E-state index >= 15 is 0 Å². The number of sulfonamides is 1. The van der Waals surface area contributed by atoms with Gasteiger partial charge in [0.25, 0.3) is 10.0 Å². The first-order valence-electron chi connectivity index (χ1n) is 7.42. The van der Waals surface area contributed by atoms with Crippen LogP contribution in [0.15, 0.2) is 35.7 Å². The lowest BCUT2D eigenvalue weighted by molar-refractivity contribution is 0.506. The van der Waals surface area contributed by atoms with Crippen LogP contribution >= 0.6 is 12.4 Å². The third-order valence-corrected chi connectivity index (χ3v) is 5.39. The third-order valence-electron chi connectivity index (χ3n) is 4.03. The van der Waals surface area contributed by atoms with Crippen molar-refractivity contribution in [3.05, 3.63) is 41.9 Å². The minimum Gasteiger partial charge on any atom is -0.399 e. The van der Waals surface area contributed by atoms with Gasteiger partial charge in [0.05, 0.1) is 6.33 Å². The highest BCUT2D eigenvalue weighted by molar-refractivity contribution is 7.89. The molecule has 1 aliphatic rings. The predicted octanol–water partition coefficient (Wildman–Crippen LogP) is 2.26. The van der Waals surface area contributed by atoms with E-state index in [9.17, 15) is 8.42 Å². The second-order valence-electron chi connectivity index (χ2n) is 5.57. The smallest absolute Gasteiger partial charge is 0.260 e. The highest BCUT2D eigenvalue weighted by atomic mass is 35.5. The normalized spacial score (nSPS) is 17.3. The Morgan fingerprint density at radius 2 is 2.22 bits per heavy atom. The van der Waals surface area contributed by atoms with Gasteiger partial charge in [0.2, 0.25) is 0 Å². The molecule has 3 N–H and O–H groups in total. The summed E-state index contributed by atoms with van der Waals surface area (Å²) in [5.74, 6) is 0. The van der Waals surface area contributed by atoms with Crippen LogP contribution < -0.4 is 10.5 Å². The number of imidazole rings is 1. The van der Waals surface area contributed by atoms with Gasteiger partial charge in [-0.1, -0.05) is 6.07 Å². The SMILES string of the molecule is CCn1cnc(S(=O)(=O)NC2CCCc3cc(N)ccc32)c1.Cl. The van der Waals surface area contributed by atoms with E-state index in [1.807, 2.05) is 25.1 Å². The van der Waals surface area contributed by atoms with Crippen LogP contribution in [0.1, 0.15) is 36.9 Å². The first kappa shape index (κ1) is 17.8. The van der Waals surface area contributed by atoms with Crippen molar-refractivity contribution in [1.29, 1.82) is 0 Å². The summed E-state index contributed by atoms with van der Waals surface area (Å²) in [5, 5.41) is 0.0666. The molecule has 1 atom stereocenters. The number of aromatic nitrogens is 2. The van der Waals surface area contributed by atoms with Gasteiger partial charge in [-0.25, -0.2) is 18.1 Å². The lowest BCUT2D eigenvalue weighted by Crippen LogP contribution is -2.31. The number of benzene rings is 1. The monoisotopic (exact) mass is 356 g/mol. The number of hydrogen-bond donors (Lipinski definition) is 2. The molecule has 2 aromatic rings. The molecular formula is C15H21ClN4O2S. The summed E-state index contributed by atoms with van der Waals surface area (Å²) < 4.78 is 29.5. The molecule has 126 valence electrons. The molecule has 1 aromatic carbocycles. The molecular weight excluding hydrogens is 336 g/mol. The van der Waals surface area contributed by atoms with Crippen LogP contribution in [-0.2, 0) is 23.0 Å². The summed E-state index contributed by atoms with van der Waals surface area (Å²) in [5.41, 5.74) is 8.66. The van der Waals surface area contributed by atoms with Crippen LogP contribution in [0.3, 0.4) is 0 Å². The lowest BCUT2D eigenvalue weighted by atomic mass is 9.88. The van der Waals surface area contributed by atoms with Gasteiger partial charge in [0.15, 0.2) is 5.03 Å². The molecule has 0 fully saturated rings. The van der Waals surface area contributed by atoms with Crippen LogP contribution in [0, 0.1) is 0 Å². The zero-order chi connectivity index (χ0) is 15.7. The number of rotatable bonds is 4. The number of anilines is 1. The van der Waals surface area contributed by atoms with Crippen molar-refractivity contribution >= 4 is 28.1 Å². The number of hydrogen-bond acceptors (Lipinski definition) is 4. The van der Waals surface area contributed by atoms with Gasteiger partial charge in [0.1, 0.15) is 0 Å². The number of halogens is 1.